The van der Waals surface area contributed by atoms with Crippen molar-refractivity contribution in [2.24, 2.45) is 0 Å². The molecule has 4 rings (SSSR count). The highest BCUT2D eigenvalue weighted by Gasteiger charge is 2.32. The summed E-state index contributed by atoms with van der Waals surface area (Å²) >= 11 is 0. The van der Waals surface area contributed by atoms with Crippen LogP contribution < -0.4 is 15.4 Å². The van der Waals surface area contributed by atoms with Gasteiger partial charge in [0.25, 0.3) is 0 Å². The second kappa shape index (κ2) is 10.4. The van der Waals surface area contributed by atoms with Crippen molar-refractivity contribution in [3.63, 3.8) is 0 Å². The second-order valence-corrected chi connectivity index (χ2v) is 9.60. The molecule has 184 valence electrons. The van der Waals surface area contributed by atoms with Crippen molar-refractivity contribution < 1.29 is 24.2 Å². The van der Waals surface area contributed by atoms with E-state index >= 15 is 0 Å². The zero-order valence-corrected chi connectivity index (χ0v) is 19.7. The van der Waals surface area contributed by atoms with E-state index in [0.29, 0.717) is 31.0 Å². The summed E-state index contributed by atoms with van der Waals surface area (Å²) in [5, 5.41) is 23.0. The number of aromatic nitrogens is 3. The number of nitrogens with zero attached hydrogens (tertiary/aromatic N) is 2. The highest BCUT2D eigenvalue weighted by Crippen LogP contribution is 2.36. The molecule has 2 fully saturated rings. The lowest BCUT2D eigenvalue weighted by molar-refractivity contribution is -0.115. The number of amides is 2. The standard InChI is InChI=1S/C24H33N5O5/c1-24(32)9-7-17(8-10-24)26-23(31)34-18-5-4-16(12-18)19-13-20(29-28-19)27-21(30)11-15-3-6-22(33-2)25-14-15/h3,6,13-14,16-18,32H,4-5,7-12H2,1-2H3,(H,26,31)(H2,27,28,29,30)/t16-,17-,18+,24+/m1/s1. The molecule has 0 bridgehead atoms. The fourth-order valence-corrected chi connectivity index (χ4v) is 4.68. The number of H-pyrrole nitrogens is 1. The largest absolute Gasteiger partial charge is 0.481 e. The van der Waals surface area contributed by atoms with Gasteiger partial charge in [-0.05, 0) is 57.4 Å². The summed E-state index contributed by atoms with van der Waals surface area (Å²) in [4.78, 5) is 28.8. The van der Waals surface area contributed by atoms with E-state index in [-0.39, 0.29) is 36.5 Å². The molecule has 2 aliphatic carbocycles. The Hall–Kier alpha value is -3.14. The fraction of sp³-hybridized carbons (Fsp3) is 0.583. The third-order valence-electron chi connectivity index (χ3n) is 6.72. The van der Waals surface area contributed by atoms with Gasteiger partial charge in [0.15, 0.2) is 5.82 Å². The highest BCUT2D eigenvalue weighted by atomic mass is 16.6. The van der Waals surface area contributed by atoms with Crippen molar-refractivity contribution in [1.82, 2.24) is 20.5 Å². The average Bonchev–Trinajstić information content (AvgIpc) is 3.45. The first-order chi connectivity index (χ1) is 16.3. The molecule has 2 aromatic heterocycles. The predicted molar refractivity (Wildman–Crippen MR) is 125 cm³/mol. The van der Waals surface area contributed by atoms with Crippen LogP contribution in [0.2, 0.25) is 0 Å². The van der Waals surface area contributed by atoms with Crippen LogP contribution in [0, 0.1) is 0 Å². The Kier molecular flexibility index (Phi) is 7.35. The Morgan fingerprint density at radius 3 is 2.74 bits per heavy atom. The summed E-state index contributed by atoms with van der Waals surface area (Å²) < 4.78 is 10.7. The van der Waals surface area contributed by atoms with Gasteiger partial charge in [-0.1, -0.05) is 6.07 Å². The van der Waals surface area contributed by atoms with E-state index in [4.69, 9.17) is 9.47 Å². The van der Waals surface area contributed by atoms with E-state index in [1.165, 1.54) is 0 Å². The van der Waals surface area contributed by atoms with Crippen LogP contribution in [0.1, 0.15) is 69.0 Å². The first-order valence-electron chi connectivity index (χ1n) is 11.8. The maximum absolute atomic E-state index is 12.3. The van der Waals surface area contributed by atoms with Crippen molar-refractivity contribution in [2.75, 3.05) is 12.4 Å². The van der Waals surface area contributed by atoms with Crippen LogP contribution in [0.4, 0.5) is 10.6 Å². The third kappa shape index (κ3) is 6.47. The number of aromatic amines is 1. The van der Waals surface area contributed by atoms with Crippen molar-refractivity contribution in [3.8, 4) is 5.88 Å². The number of hydrogen-bond donors (Lipinski definition) is 4. The molecule has 10 nitrogen and oxygen atoms in total. The number of ether oxygens (including phenoxy) is 2. The van der Waals surface area contributed by atoms with Crippen LogP contribution in [-0.2, 0) is 16.0 Å². The van der Waals surface area contributed by atoms with Crippen LogP contribution >= 0.6 is 0 Å². The number of aliphatic hydroxyl groups is 1. The molecule has 2 amide bonds. The highest BCUT2D eigenvalue weighted by molar-refractivity contribution is 5.91. The van der Waals surface area contributed by atoms with E-state index in [1.54, 1.807) is 25.4 Å². The van der Waals surface area contributed by atoms with Gasteiger partial charge in [0.1, 0.15) is 6.10 Å². The molecule has 2 atom stereocenters. The minimum absolute atomic E-state index is 0.0531. The van der Waals surface area contributed by atoms with Crippen LogP contribution in [0.3, 0.4) is 0 Å². The zero-order valence-electron chi connectivity index (χ0n) is 19.7. The molecule has 2 heterocycles. The number of methoxy groups -OCH3 is 1. The summed E-state index contributed by atoms with van der Waals surface area (Å²) in [7, 11) is 1.54. The lowest BCUT2D eigenvalue weighted by atomic mass is 9.84. The summed E-state index contributed by atoms with van der Waals surface area (Å²) in [5.41, 5.74) is 1.07. The van der Waals surface area contributed by atoms with Gasteiger partial charge in [-0.25, -0.2) is 9.78 Å². The minimum Gasteiger partial charge on any atom is -0.481 e. The maximum atomic E-state index is 12.3. The Balaban J connectivity index is 1.21. The molecule has 0 aliphatic heterocycles. The number of anilines is 1. The van der Waals surface area contributed by atoms with Gasteiger partial charge >= 0.3 is 6.09 Å². The summed E-state index contributed by atoms with van der Waals surface area (Å²) in [6.45, 7) is 1.84. The summed E-state index contributed by atoms with van der Waals surface area (Å²) in [6.07, 6.45) is 6.49. The first-order valence-corrected chi connectivity index (χ1v) is 11.8. The van der Waals surface area contributed by atoms with E-state index < -0.39 is 5.60 Å². The number of pyridine rings is 1. The van der Waals surface area contributed by atoms with Crippen LogP contribution in [0.5, 0.6) is 5.88 Å². The van der Waals surface area contributed by atoms with Crippen LogP contribution in [0.15, 0.2) is 24.4 Å². The van der Waals surface area contributed by atoms with Gasteiger partial charge in [0.2, 0.25) is 11.8 Å². The smallest absolute Gasteiger partial charge is 0.407 e. The summed E-state index contributed by atoms with van der Waals surface area (Å²) in [5.74, 6) is 0.975. The SMILES string of the molecule is COc1ccc(CC(=O)Nc2cc([C@@H]3CC[C@H](OC(=O)N[C@H]4CC[C@@](C)(O)CC4)C3)[nH]n2)cn1. The number of carbonyl (C=O) groups is 2. The quantitative estimate of drug-likeness (QED) is 0.487. The number of carbonyl (C=O) groups excluding carboxylic acids is 2. The molecule has 0 saturated heterocycles. The molecular weight excluding hydrogens is 438 g/mol. The fourth-order valence-electron chi connectivity index (χ4n) is 4.68. The Labute approximate surface area is 198 Å². The van der Waals surface area contributed by atoms with Gasteiger partial charge < -0.3 is 25.2 Å². The molecule has 2 aliphatic rings. The van der Waals surface area contributed by atoms with Gasteiger partial charge in [-0.2, -0.15) is 5.10 Å². The normalized spacial score (nSPS) is 26.6. The number of alkyl carbamates (subject to hydrolysis) is 1. The molecule has 0 spiro atoms. The lowest BCUT2D eigenvalue weighted by Gasteiger charge is -2.33. The lowest BCUT2D eigenvalue weighted by Crippen LogP contribution is -2.43. The zero-order chi connectivity index (χ0) is 24.1. The molecular formula is C24H33N5O5. The Morgan fingerprint density at radius 2 is 2.03 bits per heavy atom. The van der Waals surface area contributed by atoms with Gasteiger partial charge in [-0.3, -0.25) is 9.89 Å². The van der Waals surface area contributed by atoms with Crippen molar-refractivity contribution >= 4 is 17.8 Å². The van der Waals surface area contributed by atoms with Gasteiger partial charge in [0.05, 0.1) is 19.1 Å². The molecule has 0 aromatic carbocycles. The number of rotatable bonds is 7. The monoisotopic (exact) mass is 471 g/mol. The van der Waals surface area contributed by atoms with Crippen LogP contribution in [-0.4, -0.2) is 57.1 Å². The topological polar surface area (TPSA) is 138 Å². The molecule has 34 heavy (non-hydrogen) atoms. The van der Waals surface area contributed by atoms with E-state index in [1.807, 2.05) is 13.0 Å². The molecule has 2 aromatic rings. The summed E-state index contributed by atoms with van der Waals surface area (Å²) in [6, 6.07) is 5.41. The van der Waals surface area contributed by atoms with E-state index in [9.17, 15) is 14.7 Å². The predicted octanol–water partition coefficient (Wildman–Crippen LogP) is 3.05. The Morgan fingerprint density at radius 1 is 1.24 bits per heavy atom. The van der Waals surface area contributed by atoms with Crippen molar-refractivity contribution in [1.29, 1.82) is 0 Å². The van der Waals surface area contributed by atoms with Gasteiger partial charge in [0, 0.05) is 36.0 Å². The van der Waals surface area contributed by atoms with Crippen molar-refractivity contribution in [2.45, 2.75) is 82.0 Å². The average molecular weight is 472 g/mol. The first kappa shape index (κ1) is 24.0. The minimum atomic E-state index is -0.629. The second-order valence-electron chi connectivity index (χ2n) is 9.60. The van der Waals surface area contributed by atoms with E-state index in [2.05, 4.69) is 25.8 Å². The molecule has 0 radical (unpaired) electrons. The van der Waals surface area contributed by atoms with Crippen LogP contribution in [0.25, 0.3) is 0 Å². The van der Waals surface area contributed by atoms with Crippen molar-refractivity contribution in [3.05, 3.63) is 35.7 Å². The molecule has 4 N–H and O–H groups in total. The molecule has 0 unspecified atom stereocenters. The maximum Gasteiger partial charge on any atom is 0.407 e. The van der Waals surface area contributed by atoms with E-state index in [0.717, 1.165) is 36.9 Å². The molecule has 2 saturated carbocycles. The Bertz CT molecular complexity index is 980. The van der Waals surface area contributed by atoms with Gasteiger partial charge in [-0.15, -0.1) is 0 Å². The number of nitrogens with one attached hydrogen (secondary N) is 3. The molecule has 10 heteroatoms. The number of hydrogen-bond acceptors (Lipinski definition) is 7. The third-order valence-corrected chi connectivity index (χ3v) is 6.72.